The number of unbranched alkanes of at least 4 members (excludes halogenated alkanes) is 5. The normalized spacial score (nSPS) is 12.3. The highest BCUT2D eigenvalue weighted by Gasteiger charge is 2.05. The molecule has 0 aromatic heterocycles. The van der Waals surface area contributed by atoms with Gasteiger partial charge in [-0.2, -0.15) is 0 Å². The van der Waals surface area contributed by atoms with Gasteiger partial charge in [0.05, 0.1) is 6.54 Å². The molecule has 4 nitrogen and oxygen atoms in total. The summed E-state index contributed by atoms with van der Waals surface area (Å²) in [4.78, 5) is 2.26. The van der Waals surface area contributed by atoms with Crippen LogP contribution in [0.2, 0.25) is 0 Å². The summed E-state index contributed by atoms with van der Waals surface area (Å²) in [6.45, 7) is 7.04. The molecule has 0 aliphatic rings. The predicted octanol–water partition coefficient (Wildman–Crippen LogP) is 2.81. The molecule has 0 unspecified atom stereocenters. The molecule has 0 heterocycles. The predicted molar refractivity (Wildman–Crippen MR) is 73.5 cm³/mol. The van der Waals surface area contributed by atoms with Crippen molar-refractivity contribution in [2.75, 3.05) is 19.6 Å². The summed E-state index contributed by atoms with van der Waals surface area (Å²) >= 11 is 0. The number of nitrogens with zero attached hydrogens (tertiary/aromatic N) is 2. The first-order valence-corrected chi connectivity index (χ1v) is 6.93. The lowest BCUT2D eigenvalue weighted by atomic mass is 10.1. The topological polar surface area (TPSA) is 61.8 Å². The van der Waals surface area contributed by atoms with E-state index in [1.165, 1.54) is 38.5 Å². The molecule has 0 atom stereocenters. The van der Waals surface area contributed by atoms with Gasteiger partial charge in [0.25, 0.3) is 0 Å². The van der Waals surface area contributed by atoms with Crippen LogP contribution >= 0.6 is 0 Å². The third-order valence-electron chi connectivity index (χ3n) is 2.88. The van der Waals surface area contributed by atoms with Crippen LogP contribution in [0.25, 0.3) is 0 Å². The fourth-order valence-electron chi connectivity index (χ4n) is 1.96. The SMILES string of the molecule is CCCCCCCCN(CCC)CC(N)=NO. The highest BCUT2D eigenvalue weighted by atomic mass is 16.4. The average Bonchev–Trinajstić information content (AvgIpc) is 2.33. The van der Waals surface area contributed by atoms with Crippen LogP contribution in [0, 0.1) is 0 Å². The van der Waals surface area contributed by atoms with Crippen LogP contribution in [-0.2, 0) is 0 Å². The molecule has 3 N–H and O–H groups in total. The molecule has 0 aromatic carbocycles. The number of oxime groups is 1. The van der Waals surface area contributed by atoms with Gasteiger partial charge in [-0.05, 0) is 25.9 Å². The van der Waals surface area contributed by atoms with E-state index >= 15 is 0 Å². The quantitative estimate of drug-likeness (QED) is 0.193. The third-order valence-corrected chi connectivity index (χ3v) is 2.88. The number of hydrogen-bond donors (Lipinski definition) is 2. The van der Waals surface area contributed by atoms with Crippen molar-refractivity contribution in [3.8, 4) is 0 Å². The Bertz CT molecular complexity index is 195. The molecule has 0 rings (SSSR count). The van der Waals surface area contributed by atoms with E-state index in [-0.39, 0.29) is 0 Å². The molecule has 0 aliphatic carbocycles. The Labute approximate surface area is 106 Å². The first kappa shape index (κ1) is 16.2. The number of hydrogen-bond acceptors (Lipinski definition) is 3. The van der Waals surface area contributed by atoms with Gasteiger partial charge in [-0.1, -0.05) is 51.1 Å². The van der Waals surface area contributed by atoms with Gasteiger partial charge in [-0.3, -0.25) is 4.90 Å². The van der Waals surface area contributed by atoms with Gasteiger partial charge in [0, 0.05) is 0 Å². The molecule has 0 spiro atoms. The molecule has 0 aromatic rings. The Hall–Kier alpha value is -0.770. The second-order valence-corrected chi connectivity index (χ2v) is 4.64. The van der Waals surface area contributed by atoms with Crippen molar-refractivity contribution in [3.05, 3.63) is 0 Å². The minimum atomic E-state index is 0.310. The standard InChI is InChI=1S/C13H29N3O/c1-3-5-6-7-8-9-11-16(10-4-2)12-13(14)15-17/h17H,3-12H2,1-2H3,(H2,14,15). The van der Waals surface area contributed by atoms with Crippen LogP contribution in [0.15, 0.2) is 5.16 Å². The van der Waals surface area contributed by atoms with E-state index in [0.717, 1.165) is 19.5 Å². The smallest absolute Gasteiger partial charge is 0.153 e. The Morgan fingerprint density at radius 2 is 1.65 bits per heavy atom. The van der Waals surface area contributed by atoms with Crippen LogP contribution < -0.4 is 5.73 Å². The van der Waals surface area contributed by atoms with Gasteiger partial charge in [-0.25, -0.2) is 0 Å². The van der Waals surface area contributed by atoms with Crippen LogP contribution in [0.1, 0.15) is 58.8 Å². The number of rotatable bonds is 11. The van der Waals surface area contributed by atoms with E-state index < -0.39 is 0 Å². The van der Waals surface area contributed by atoms with Gasteiger partial charge in [0.1, 0.15) is 0 Å². The molecule has 0 amide bonds. The van der Waals surface area contributed by atoms with Gasteiger partial charge in [-0.15, -0.1) is 0 Å². The molecule has 0 radical (unpaired) electrons. The minimum Gasteiger partial charge on any atom is -0.409 e. The van der Waals surface area contributed by atoms with E-state index in [1.54, 1.807) is 0 Å². The molecule has 102 valence electrons. The summed E-state index contributed by atoms with van der Waals surface area (Å²) in [6.07, 6.45) is 8.93. The van der Waals surface area contributed by atoms with E-state index in [0.29, 0.717) is 12.4 Å². The zero-order valence-electron chi connectivity index (χ0n) is 11.5. The molecular weight excluding hydrogens is 214 g/mol. The van der Waals surface area contributed by atoms with Crippen LogP contribution in [0.4, 0.5) is 0 Å². The first-order chi connectivity index (χ1) is 8.24. The van der Waals surface area contributed by atoms with Crippen molar-refractivity contribution in [2.24, 2.45) is 10.9 Å². The van der Waals surface area contributed by atoms with E-state index in [4.69, 9.17) is 10.9 Å². The molecule has 0 bridgehead atoms. The summed E-state index contributed by atoms with van der Waals surface area (Å²) < 4.78 is 0. The van der Waals surface area contributed by atoms with Crippen LogP contribution in [-0.4, -0.2) is 35.6 Å². The van der Waals surface area contributed by atoms with Crippen molar-refractivity contribution in [2.45, 2.75) is 58.8 Å². The molecule has 0 aliphatic heterocycles. The van der Waals surface area contributed by atoms with Crippen molar-refractivity contribution in [1.29, 1.82) is 0 Å². The van der Waals surface area contributed by atoms with Crippen molar-refractivity contribution in [1.82, 2.24) is 4.90 Å². The first-order valence-electron chi connectivity index (χ1n) is 6.93. The van der Waals surface area contributed by atoms with E-state index in [2.05, 4.69) is 23.9 Å². The third kappa shape index (κ3) is 10.1. The summed E-state index contributed by atoms with van der Waals surface area (Å²) in [5.41, 5.74) is 5.53. The molecular formula is C13H29N3O. The van der Waals surface area contributed by atoms with Crippen LogP contribution in [0.5, 0.6) is 0 Å². The number of nitrogens with two attached hydrogens (primary N) is 1. The zero-order valence-corrected chi connectivity index (χ0v) is 11.5. The lowest BCUT2D eigenvalue weighted by molar-refractivity contribution is 0.286. The lowest BCUT2D eigenvalue weighted by Crippen LogP contribution is -2.35. The van der Waals surface area contributed by atoms with E-state index in [1.807, 2.05) is 0 Å². The average molecular weight is 243 g/mol. The van der Waals surface area contributed by atoms with Gasteiger partial charge < -0.3 is 10.9 Å². The molecule has 0 saturated heterocycles. The minimum absolute atomic E-state index is 0.310. The van der Waals surface area contributed by atoms with Gasteiger partial charge in [0.15, 0.2) is 5.84 Å². The van der Waals surface area contributed by atoms with E-state index in [9.17, 15) is 0 Å². The largest absolute Gasteiger partial charge is 0.409 e. The number of amidine groups is 1. The zero-order chi connectivity index (χ0) is 12.9. The highest BCUT2D eigenvalue weighted by molar-refractivity contribution is 5.81. The van der Waals surface area contributed by atoms with Crippen LogP contribution in [0.3, 0.4) is 0 Å². The lowest BCUT2D eigenvalue weighted by Gasteiger charge is -2.20. The molecule has 0 fully saturated rings. The molecule has 17 heavy (non-hydrogen) atoms. The van der Waals surface area contributed by atoms with Gasteiger partial charge in [0.2, 0.25) is 0 Å². The maximum Gasteiger partial charge on any atom is 0.153 e. The van der Waals surface area contributed by atoms with Gasteiger partial charge >= 0.3 is 0 Å². The van der Waals surface area contributed by atoms with Crippen molar-refractivity contribution < 1.29 is 5.21 Å². The summed E-state index contributed by atoms with van der Waals surface area (Å²) in [6, 6.07) is 0. The molecule has 4 heteroatoms. The summed E-state index contributed by atoms with van der Waals surface area (Å²) in [7, 11) is 0. The van der Waals surface area contributed by atoms with Crippen molar-refractivity contribution >= 4 is 5.84 Å². The second kappa shape index (κ2) is 11.7. The summed E-state index contributed by atoms with van der Waals surface area (Å²) in [5.74, 6) is 0.310. The Morgan fingerprint density at radius 1 is 1.00 bits per heavy atom. The fraction of sp³-hybridized carbons (Fsp3) is 0.923. The Kier molecular flexibility index (Phi) is 11.2. The highest BCUT2D eigenvalue weighted by Crippen LogP contribution is 2.06. The summed E-state index contributed by atoms with van der Waals surface area (Å²) in [5, 5.41) is 11.6. The molecule has 0 saturated carbocycles. The van der Waals surface area contributed by atoms with Crippen molar-refractivity contribution in [3.63, 3.8) is 0 Å². The maximum absolute atomic E-state index is 8.56. The maximum atomic E-state index is 8.56. The Balaban J connectivity index is 3.62. The second-order valence-electron chi connectivity index (χ2n) is 4.64. The fourth-order valence-corrected chi connectivity index (χ4v) is 1.96. The Morgan fingerprint density at radius 3 is 2.24 bits per heavy atom. The monoisotopic (exact) mass is 243 g/mol.